The number of phosphoric ester groups is 2. The van der Waals surface area contributed by atoms with Crippen molar-refractivity contribution in [3.05, 3.63) is 0 Å². The zero-order valence-electron chi connectivity index (χ0n) is 17.5. The van der Waals surface area contributed by atoms with Crippen molar-refractivity contribution >= 4 is 15.6 Å². The molecule has 10 nitrogen and oxygen atoms in total. The molecule has 0 bridgehead atoms. The Hall–Kier alpha value is 0.694. The molecule has 0 aliphatic rings. The topological polar surface area (TPSA) is 160 Å². The van der Waals surface area contributed by atoms with Gasteiger partial charge >= 0.3 is 45.0 Å². The second-order valence-electron chi connectivity index (χ2n) is 6.50. The molecular weight excluding hydrogens is 462 g/mol. The normalized spacial score (nSPS) is 15.1. The number of hydrogen-bond acceptors (Lipinski definition) is 6. The Kier molecular flexibility index (Phi) is 22.6. The third kappa shape index (κ3) is 28.7. The Balaban J connectivity index is 0. The van der Waals surface area contributed by atoms with E-state index in [2.05, 4.69) is 18.2 Å². The van der Waals surface area contributed by atoms with Crippen LogP contribution in [0.3, 0.4) is 0 Å². The van der Waals surface area contributed by atoms with Crippen LogP contribution in [-0.2, 0) is 44.4 Å². The van der Waals surface area contributed by atoms with Crippen molar-refractivity contribution in [2.75, 3.05) is 13.2 Å². The van der Waals surface area contributed by atoms with Crippen molar-refractivity contribution in [3.8, 4) is 0 Å². The summed E-state index contributed by atoms with van der Waals surface area (Å²) in [7, 11) is -9.17. The van der Waals surface area contributed by atoms with Crippen molar-refractivity contribution in [2.45, 2.75) is 90.9 Å². The van der Waals surface area contributed by atoms with E-state index in [0.717, 1.165) is 51.4 Å². The number of phosphoric acid groups is 2. The predicted molar refractivity (Wildman–Crippen MR) is 105 cm³/mol. The average molecular weight is 500 g/mol. The van der Waals surface area contributed by atoms with E-state index in [-0.39, 0.29) is 13.2 Å². The van der Waals surface area contributed by atoms with Gasteiger partial charge < -0.3 is 9.79 Å². The molecule has 0 aromatic rings. The van der Waals surface area contributed by atoms with Crippen molar-refractivity contribution in [1.29, 1.82) is 0 Å². The first kappa shape index (κ1) is 31.9. The molecule has 176 valence electrons. The summed E-state index contributed by atoms with van der Waals surface area (Å²) in [6, 6.07) is 0. The first-order valence-electron chi connectivity index (χ1n) is 10.1. The summed E-state index contributed by atoms with van der Waals surface area (Å²) in [6.45, 7) is 4.28. The molecule has 0 aliphatic heterocycles. The Morgan fingerprint density at radius 3 is 1.24 bits per heavy atom. The Bertz CT molecular complexity index is 452. The van der Waals surface area contributed by atoms with Crippen molar-refractivity contribution in [2.24, 2.45) is 0 Å². The predicted octanol–water partition coefficient (Wildman–Crippen LogP) is 4.72. The van der Waals surface area contributed by atoms with Crippen molar-refractivity contribution in [1.82, 2.24) is 0 Å². The first-order chi connectivity index (χ1) is 13.6. The van der Waals surface area contributed by atoms with Gasteiger partial charge in [-0.05, 0) is 12.8 Å². The van der Waals surface area contributed by atoms with Gasteiger partial charge in [0.15, 0.2) is 0 Å². The van der Waals surface area contributed by atoms with Gasteiger partial charge in [-0.2, -0.15) is 4.31 Å². The van der Waals surface area contributed by atoms with Gasteiger partial charge in [0.1, 0.15) is 0 Å². The SMILES string of the molecule is CCCCCCCCOP(=O)(O)OP(=O)(O)OCCCCCCCC.[O]=[Ti]([OH])[OH]. The molecule has 0 aromatic heterocycles. The van der Waals surface area contributed by atoms with Crippen LogP contribution in [0.15, 0.2) is 0 Å². The van der Waals surface area contributed by atoms with Gasteiger partial charge in [0.05, 0.1) is 13.2 Å². The minimum absolute atomic E-state index is 0.0112. The number of rotatable bonds is 18. The second kappa shape index (κ2) is 20.6. The van der Waals surface area contributed by atoms with Gasteiger partial charge in [-0.25, -0.2) is 9.13 Å². The van der Waals surface area contributed by atoms with E-state index in [4.69, 9.17) is 19.7 Å². The molecule has 0 radical (unpaired) electrons. The fourth-order valence-corrected chi connectivity index (χ4v) is 4.44. The maximum atomic E-state index is 11.7. The van der Waals surface area contributed by atoms with Crippen LogP contribution in [0.4, 0.5) is 0 Å². The summed E-state index contributed by atoms with van der Waals surface area (Å²) in [5.74, 6) is 0. The van der Waals surface area contributed by atoms with Crippen LogP contribution in [0.2, 0.25) is 0 Å². The van der Waals surface area contributed by atoms with E-state index in [0.29, 0.717) is 12.8 Å². The van der Waals surface area contributed by atoms with Crippen LogP contribution in [0.25, 0.3) is 0 Å². The standard InChI is InChI=1S/C16H36O7P2.2H2O.O.Ti/c1-3-5-7-9-11-13-15-21-24(17,18)23-25(19,20)22-16-14-12-10-8-6-4-2;;;;/h3-16H2,1-2H3,(H,17,18)(H,19,20);2*1H2;;/q;;;;+2/p-2. The molecule has 13 heteroatoms. The van der Waals surface area contributed by atoms with Crippen LogP contribution >= 0.6 is 15.6 Å². The maximum absolute atomic E-state index is 11.7. The summed E-state index contributed by atoms with van der Waals surface area (Å²) in [6.07, 6.45) is 11.9. The quantitative estimate of drug-likeness (QED) is 0.118. The Morgan fingerprint density at radius 2 is 0.931 bits per heavy atom. The molecule has 0 fully saturated rings. The molecule has 0 spiro atoms. The molecule has 0 aromatic carbocycles. The van der Waals surface area contributed by atoms with Crippen LogP contribution < -0.4 is 0 Å². The molecule has 0 rings (SSSR count). The van der Waals surface area contributed by atoms with E-state index >= 15 is 0 Å². The molecule has 0 heterocycles. The van der Waals surface area contributed by atoms with Gasteiger partial charge in [0, 0.05) is 0 Å². The minimum atomic E-state index is -4.58. The molecule has 2 atom stereocenters. The first-order valence-corrected chi connectivity index (χ1v) is 15.2. The van der Waals surface area contributed by atoms with Gasteiger partial charge in [-0.15, -0.1) is 0 Å². The third-order valence-electron chi connectivity index (χ3n) is 3.71. The summed E-state index contributed by atoms with van der Waals surface area (Å²) in [5, 5.41) is 0. The van der Waals surface area contributed by atoms with Gasteiger partial charge in [-0.3, -0.25) is 9.05 Å². The fourth-order valence-electron chi connectivity index (χ4n) is 2.30. The number of hydrogen-bond donors (Lipinski definition) is 4. The Labute approximate surface area is 181 Å². The van der Waals surface area contributed by atoms with Crippen molar-refractivity contribution < 1.29 is 61.6 Å². The third-order valence-corrected chi connectivity index (χ3v) is 6.38. The number of unbranched alkanes of at least 4 members (excludes halogenated alkanes) is 10. The zero-order valence-corrected chi connectivity index (χ0v) is 20.9. The van der Waals surface area contributed by atoms with Crippen molar-refractivity contribution in [3.63, 3.8) is 0 Å². The molecule has 2 unspecified atom stereocenters. The molecule has 0 amide bonds. The molecule has 0 saturated heterocycles. The monoisotopic (exact) mass is 500 g/mol. The van der Waals surface area contributed by atoms with Gasteiger partial charge in [-0.1, -0.05) is 78.1 Å². The van der Waals surface area contributed by atoms with Gasteiger partial charge in [0.2, 0.25) is 0 Å². The molecular formula is C16H38O10P2Ti. The van der Waals surface area contributed by atoms with Gasteiger partial charge in [0.25, 0.3) is 0 Å². The summed E-state index contributed by atoms with van der Waals surface area (Å²) in [5.41, 5.74) is 0. The van der Waals surface area contributed by atoms with E-state index < -0.39 is 34.3 Å². The molecule has 0 saturated carbocycles. The van der Waals surface area contributed by atoms with E-state index in [1.165, 1.54) is 12.8 Å². The van der Waals surface area contributed by atoms with E-state index in [1.54, 1.807) is 0 Å². The molecule has 29 heavy (non-hydrogen) atoms. The average Bonchev–Trinajstić information content (AvgIpc) is 2.58. The zero-order chi connectivity index (χ0) is 22.6. The van der Waals surface area contributed by atoms with Crippen LogP contribution in [-0.4, -0.2) is 30.4 Å². The van der Waals surface area contributed by atoms with E-state index in [1.807, 2.05) is 0 Å². The molecule has 4 N–H and O–H groups in total. The summed E-state index contributed by atoms with van der Waals surface area (Å²) < 4.78 is 60.3. The second-order valence-corrected chi connectivity index (χ2v) is 10.4. The summed E-state index contributed by atoms with van der Waals surface area (Å²) >= 11 is -3.58. The fraction of sp³-hybridized carbons (Fsp3) is 1.00. The van der Waals surface area contributed by atoms with E-state index in [9.17, 15) is 18.9 Å². The van der Waals surface area contributed by atoms with Crippen LogP contribution in [0.5, 0.6) is 0 Å². The summed E-state index contributed by atoms with van der Waals surface area (Å²) in [4.78, 5) is 19.0. The van der Waals surface area contributed by atoms with Crippen LogP contribution in [0.1, 0.15) is 90.9 Å². The van der Waals surface area contributed by atoms with Crippen LogP contribution in [0, 0.1) is 0 Å². The molecule has 0 aliphatic carbocycles. The Morgan fingerprint density at radius 1 is 0.655 bits per heavy atom.